The fourth-order valence-electron chi connectivity index (χ4n) is 1.32. The molecule has 0 atom stereocenters. The first-order valence-corrected chi connectivity index (χ1v) is 6.27. The van der Waals surface area contributed by atoms with Gasteiger partial charge >= 0.3 is 5.97 Å². The van der Waals surface area contributed by atoms with Gasteiger partial charge in [0.25, 0.3) is 0 Å². The number of aromatic nitrogens is 1. The topological polar surface area (TPSA) is 48.4 Å². The van der Waals surface area contributed by atoms with Crippen LogP contribution in [0, 0.1) is 0 Å². The molecule has 0 aromatic carbocycles. The molecule has 0 fully saturated rings. The van der Waals surface area contributed by atoms with Crippen LogP contribution in [0.4, 0.5) is 0 Å². The van der Waals surface area contributed by atoms with E-state index in [0.29, 0.717) is 17.0 Å². The Hall–Kier alpha value is -1.10. The molecule has 0 amide bonds. The highest BCUT2D eigenvalue weighted by atomic mass is 79.9. The van der Waals surface area contributed by atoms with Crippen molar-refractivity contribution < 1.29 is 14.3 Å². The van der Waals surface area contributed by atoms with Crippen LogP contribution < -0.4 is 4.74 Å². The fourth-order valence-corrected chi connectivity index (χ4v) is 1.63. The van der Waals surface area contributed by atoms with Crippen molar-refractivity contribution in [2.45, 2.75) is 26.7 Å². The first-order chi connectivity index (χ1) is 8.04. The van der Waals surface area contributed by atoms with Gasteiger partial charge in [-0.25, -0.2) is 9.78 Å². The zero-order valence-corrected chi connectivity index (χ0v) is 11.8. The Labute approximate surface area is 109 Å². The van der Waals surface area contributed by atoms with Gasteiger partial charge in [0.05, 0.1) is 6.61 Å². The number of nitrogens with zero attached hydrogens (tertiary/aromatic N) is 1. The van der Waals surface area contributed by atoms with Crippen molar-refractivity contribution in [2.24, 2.45) is 0 Å². The van der Waals surface area contributed by atoms with Crippen LogP contribution in [0.3, 0.4) is 0 Å². The summed E-state index contributed by atoms with van der Waals surface area (Å²) >= 11 is 3.28. The summed E-state index contributed by atoms with van der Waals surface area (Å²) in [7, 11) is 0. The van der Waals surface area contributed by atoms with E-state index in [1.807, 2.05) is 13.8 Å². The van der Waals surface area contributed by atoms with Crippen LogP contribution in [0.1, 0.15) is 32.3 Å². The predicted molar refractivity (Wildman–Crippen MR) is 68.2 cm³/mol. The quantitative estimate of drug-likeness (QED) is 0.620. The Bertz CT molecular complexity index is 393. The number of rotatable bonds is 5. The first kappa shape index (κ1) is 14.0. The number of hydrogen-bond donors (Lipinski definition) is 0. The van der Waals surface area contributed by atoms with Crippen molar-refractivity contribution in [1.29, 1.82) is 0 Å². The molecule has 0 N–H and O–H groups in total. The summed E-state index contributed by atoms with van der Waals surface area (Å²) < 4.78 is 10.9. The van der Waals surface area contributed by atoms with Gasteiger partial charge in [0.1, 0.15) is 10.4 Å². The highest BCUT2D eigenvalue weighted by Crippen LogP contribution is 2.27. The van der Waals surface area contributed by atoms with Crippen molar-refractivity contribution in [2.75, 3.05) is 13.2 Å². The summed E-state index contributed by atoms with van der Waals surface area (Å²) in [6.45, 7) is 6.13. The number of halogens is 1. The van der Waals surface area contributed by atoms with E-state index in [9.17, 15) is 4.79 Å². The van der Waals surface area contributed by atoms with Crippen LogP contribution in [0.25, 0.3) is 0 Å². The summed E-state index contributed by atoms with van der Waals surface area (Å²) in [6, 6.07) is 1.76. The largest absolute Gasteiger partial charge is 0.481 e. The van der Waals surface area contributed by atoms with E-state index in [4.69, 9.17) is 9.47 Å². The van der Waals surface area contributed by atoms with E-state index in [-0.39, 0.29) is 18.5 Å². The zero-order chi connectivity index (χ0) is 12.8. The second kappa shape index (κ2) is 6.59. The minimum Gasteiger partial charge on any atom is -0.481 e. The smallest absolute Gasteiger partial charge is 0.344 e. The molecule has 0 aliphatic rings. The van der Waals surface area contributed by atoms with Gasteiger partial charge in [-0.3, -0.25) is 0 Å². The third-order valence-electron chi connectivity index (χ3n) is 2.13. The maximum absolute atomic E-state index is 11.2. The molecular weight excluding hydrogens is 286 g/mol. The molecule has 1 aromatic rings. The molecule has 0 radical (unpaired) electrons. The van der Waals surface area contributed by atoms with Crippen LogP contribution in [0.15, 0.2) is 16.9 Å². The van der Waals surface area contributed by atoms with Crippen LogP contribution in [0.5, 0.6) is 5.75 Å². The molecule has 1 heterocycles. The molecule has 0 saturated carbocycles. The van der Waals surface area contributed by atoms with Gasteiger partial charge in [0.2, 0.25) is 0 Å². The molecule has 1 aromatic heterocycles. The Morgan fingerprint density at radius 2 is 2.24 bits per heavy atom. The Morgan fingerprint density at radius 3 is 2.82 bits per heavy atom. The number of esters is 1. The second-order valence-electron chi connectivity index (χ2n) is 3.79. The molecular formula is C12H16BrNO3. The van der Waals surface area contributed by atoms with Crippen molar-refractivity contribution in [3.63, 3.8) is 0 Å². The molecule has 4 nitrogen and oxygen atoms in total. The summed E-state index contributed by atoms with van der Waals surface area (Å²) in [4.78, 5) is 15.4. The van der Waals surface area contributed by atoms with Gasteiger partial charge < -0.3 is 9.47 Å². The normalized spacial score (nSPS) is 10.4. The summed E-state index contributed by atoms with van der Waals surface area (Å²) in [6.07, 6.45) is 1.75. The van der Waals surface area contributed by atoms with Gasteiger partial charge in [0, 0.05) is 17.8 Å². The third-order valence-corrected chi connectivity index (χ3v) is 2.57. The van der Waals surface area contributed by atoms with Crippen LogP contribution in [-0.4, -0.2) is 24.2 Å². The van der Waals surface area contributed by atoms with E-state index >= 15 is 0 Å². The van der Waals surface area contributed by atoms with E-state index in [2.05, 4.69) is 20.9 Å². The Kier molecular flexibility index (Phi) is 5.41. The number of hydrogen-bond acceptors (Lipinski definition) is 4. The van der Waals surface area contributed by atoms with Crippen molar-refractivity contribution >= 4 is 21.9 Å². The van der Waals surface area contributed by atoms with E-state index < -0.39 is 0 Å². The molecule has 0 bridgehead atoms. The fraction of sp³-hybridized carbons (Fsp3) is 0.500. The average Bonchev–Trinajstić information content (AvgIpc) is 2.26. The molecule has 0 aliphatic heterocycles. The number of carbonyl (C=O) groups excluding carboxylic acids is 1. The molecule has 17 heavy (non-hydrogen) atoms. The number of pyridine rings is 1. The summed E-state index contributed by atoms with van der Waals surface area (Å²) in [5.74, 6) is 0.581. The maximum Gasteiger partial charge on any atom is 0.344 e. The molecule has 0 saturated heterocycles. The third kappa shape index (κ3) is 4.34. The van der Waals surface area contributed by atoms with E-state index in [1.54, 1.807) is 19.2 Å². The molecule has 94 valence electrons. The van der Waals surface area contributed by atoms with Crippen LogP contribution >= 0.6 is 15.9 Å². The minimum absolute atomic E-state index is 0.0794. The van der Waals surface area contributed by atoms with Gasteiger partial charge in [-0.15, -0.1) is 0 Å². The van der Waals surface area contributed by atoms with Crippen molar-refractivity contribution in [1.82, 2.24) is 4.98 Å². The first-order valence-electron chi connectivity index (χ1n) is 5.48. The van der Waals surface area contributed by atoms with Gasteiger partial charge in [-0.2, -0.15) is 0 Å². The van der Waals surface area contributed by atoms with Crippen LogP contribution in [0.2, 0.25) is 0 Å². The van der Waals surface area contributed by atoms with Crippen LogP contribution in [-0.2, 0) is 9.53 Å². The lowest BCUT2D eigenvalue weighted by Crippen LogP contribution is -2.15. The Morgan fingerprint density at radius 1 is 1.53 bits per heavy atom. The highest BCUT2D eigenvalue weighted by Gasteiger charge is 2.11. The SMILES string of the molecule is CCOC(=O)COc1cc(Br)ncc1C(C)C. The lowest BCUT2D eigenvalue weighted by Gasteiger charge is -2.13. The monoisotopic (exact) mass is 301 g/mol. The molecule has 0 unspecified atom stereocenters. The number of ether oxygens (including phenoxy) is 2. The van der Waals surface area contributed by atoms with E-state index in [1.165, 1.54) is 0 Å². The van der Waals surface area contributed by atoms with Gasteiger partial charge in [0.15, 0.2) is 6.61 Å². The van der Waals surface area contributed by atoms with Crippen molar-refractivity contribution in [3.8, 4) is 5.75 Å². The highest BCUT2D eigenvalue weighted by molar-refractivity contribution is 9.10. The summed E-state index contributed by atoms with van der Waals surface area (Å²) in [5, 5.41) is 0. The molecule has 0 spiro atoms. The lowest BCUT2D eigenvalue weighted by atomic mass is 10.1. The summed E-state index contributed by atoms with van der Waals surface area (Å²) in [5.41, 5.74) is 0.970. The van der Waals surface area contributed by atoms with Gasteiger partial charge in [-0.1, -0.05) is 13.8 Å². The average molecular weight is 302 g/mol. The Balaban J connectivity index is 2.75. The van der Waals surface area contributed by atoms with Crippen molar-refractivity contribution in [3.05, 3.63) is 22.4 Å². The van der Waals surface area contributed by atoms with E-state index in [0.717, 1.165) is 5.56 Å². The predicted octanol–water partition coefficient (Wildman–Crippen LogP) is 2.91. The minimum atomic E-state index is -0.366. The molecule has 0 aliphatic carbocycles. The standard InChI is InChI=1S/C12H16BrNO3/c1-4-16-12(15)7-17-10-5-11(13)14-6-9(10)8(2)3/h5-6,8H,4,7H2,1-3H3. The zero-order valence-electron chi connectivity index (χ0n) is 10.2. The molecule has 5 heteroatoms. The maximum atomic E-state index is 11.2. The second-order valence-corrected chi connectivity index (χ2v) is 4.61. The number of carbonyl (C=O) groups is 1. The van der Waals surface area contributed by atoms with Gasteiger partial charge in [-0.05, 0) is 28.8 Å². The molecule has 1 rings (SSSR count). The lowest BCUT2D eigenvalue weighted by molar-refractivity contribution is -0.145.